The topological polar surface area (TPSA) is 86.8 Å². The number of nitrogens with one attached hydrogen (secondary N) is 1. The minimum Gasteiger partial charge on any atom is -0.357 e. The molecular formula is C34H37N3O4S. The second kappa shape index (κ2) is 13.5. The molecule has 0 saturated heterocycles. The molecule has 2 amide bonds. The number of amides is 2. The maximum Gasteiger partial charge on any atom is 0.264 e. The van der Waals surface area contributed by atoms with Gasteiger partial charge in [-0.2, -0.15) is 0 Å². The van der Waals surface area contributed by atoms with Gasteiger partial charge < -0.3 is 10.2 Å². The predicted octanol–water partition coefficient (Wildman–Crippen LogP) is 5.19. The summed E-state index contributed by atoms with van der Waals surface area (Å²) < 4.78 is 29.3. The molecule has 4 aromatic rings. The second-order valence-electron chi connectivity index (χ2n) is 10.4. The van der Waals surface area contributed by atoms with Crippen LogP contribution in [0.5, 0.6) is 0 Å². The number of likely N-dealkylation sites (N-methyl/N-ethyl adjacent to an activating group) is 1. The quantitative estimate of drug-likeness (QED) is 0.263. The number of rotatable bonds is 11. The number of hydrogen-bond acceptors (Lipinski definition) is 4. The van der Waals surface area contributed by atoms with Crippen molar-refractivity contribution in [2.75, 3.05) is 17.9 Å². The van der Waals surface area contributed by atoms with Crippen LogP contribution in [0.3, 0.4) is 0 Å². The molecule has 0 radical (unpaired) electrons. The molecule has 1 atom stereocenters. The Labute approximate surface area is 248 Å². The van der Waals surface area contributed by atoms with Crippen molar-refractivity contribution in [2.24, 2.45) is 0 Å². The zero-order valence-corrected chi connectivity index (χ0v) is 25.3. The van der Waals surface area contributed by atoms with Crippen molar-refractivity contribution in [3.63, 3.8) is 0 Å². The van der Waals surface area contributed by atoms with E-state index in [-0.39, 0.29) is 23.8 Å². The summed E-state index contributed by atoms with van der Waals surface area (Å²) in [7, 11) is -2.59. The molecule has 0 aliphatic carbocycles. The molecule has 0 bridgehead atoms. The van der Waals surface area contributed by atoms with E-state index < -0.39 is 28.5 Å². The van der Waals surface area contributed by atoms with Crippen molar-refractivity contribution >= 4 is 27.5 Å². The number of sulfonamides is 1. The summed E-state index contributed by atoms with van der Waals surface area (Å²) in [6, 6.07) is 29.8. The van der Waals surface area contributed by atoms with Crippen LogP contribution in [-0.2, 0) is 32.6 Å². The molecule has 4 aromatic carbocycles. The van der Waals surface area contributed by atoms with Gasteiger partial charge in [-0.3, -0.25) is 13.9 Å². The van der Waals surface area contributed by atoms with Crippen LogP contribution in [0.25, 0.3) is 0 Å². The Hall–Kier alpha value is -4.43. The highest BCUT2D eigenvalue weighted by atomic mass is 32.2. The van der Waals surface area contributed by atoms with Crippen molar-refractivity contribution in [3.05, 3.63) is 131 Å². The van der Waals surface area contributed by atoms with Crippen LogP contribution in [0.15, 0.2) is 108 Å². The molecule has 0 aliphatic heterocycles. The van der Waals surface area contributed by atoms with E-state index in [1.54, 1.807) is 30.3 Å². The Kier molecular flexibility index (Phi) is 9.80. The van der Waals surface area contributed by atoms with E-state index in [9.17, 15) is 18.0 Å². The number of nitrogens with zero attached hydrogens (tertiary/aromatic N) is 2. The summed E-state index contributed by atoms with van der Waals surface area (Å²) in [6.07, 6.45) is 0.271. The van der Waals surface area contributed by atoms with Gasteiger partial charge in [0.2, 0.25) is 11.8 Å². The molecule has 0 saturated carbocycles. The lowest BCUT2D eigenvalue weighted by Crippen LogP contribution is -2.53. The minimum absolute atomic E-state index is 0.0796. The first-order valence-electron chi connectivity index (χ1n) is 13.9. The molecule has 8 heteroatoms. The SMILES string of the molecule is CNC(=O)[C@@H](Cc1ccccc1)N(Cc1ccc(C)cc1)C(=O)CN(c1cccc(C)c1C)S(=O)(=O)c1ccccc1. The van der Waals surface area contributed by atoms with E-state index in [0.717, 1.165) is 27.8 Å². The van der Waals surface area contributed by atoms with E-state index in [1.165, 1.54) is 28.4 Å². The summed E-state index contributed by atoms with van der Waals surface area (Å²) in [6.45, 7) is 5.38. The van der Waals surface area contributed by atoms with Gasteiger partial charge in [0.25, 0.3) is 10.0 Å². The van der Waals surface area contributed by atoms with Gasteiger partial charge in [0.05, 0.1) is 10.6 Å². The molecule has 0 spiro atoms. The minimum atomic E-state index is -4.13. The highest BCUT2D eigenvalue weighted by Gasteiger charge is 2.34. The van der Waals surface area contributed by atoms with Crippen molar-refractivity contribution < 1.29 is 18.0 Å². The van der Waals surface area contributed by atoms with E-state index in [1.807, 2.05) is 81.4 Å². The standard InChI is InChI=1S/C34H37N3O4S/c1-25-18-20-29(21-19-25)23-36(32(34(39)35-4)22-28-13-7-5-8-14-28)33(38)24-37(31-17-11-12-26(2)27(31)3)42(40,41)30-15-9-6-10-16-30/h5-21,32H,22-24H2,1-4H3,(H,35,39)/t32-/m1/s1. The van der Waals surface area contributed by atoms with Gasteiger partial charge in [-0.1, -0.05) is 90.5 Å². The van der Waals surface area contributed by atoms with Crippen LogP contribution < -0.4 is 9.62 Å². The molecule has 4 rings (SSSR count). The Balaban J connectivity index is 1.81. The highest BCUT2D eigenvalue weighted by molar-refractivity contribution is 7.92. The Bertz CT molecular complexity index is 1620. The molecular weight excluding hydrogens is 546 g/mol. The summed E-state index contributed by atoms with van der Waals surface area (Å²) in [4.78, 5) is 29.3. The highest BCUT2D eigenvalue weighted by Crippen LogP contribution is 2.29. The monoisotopic (exact) mass is 583 g/mol. The Morgan fingerprint density at radius 1 is 0.762 bits per heavy atom. The van der Waals surface area contributed by atoms with Crippen LogP contribution in [0, 0.1) is 20.8 Å². The molecule has 0 aliphatic rings. The molecule has 0 fully saturated rings. The molecule has 0 unspecified atom stereocenters. The van der Waals surface area contributed by atoms with Gasteiger partial charge in [0, 0.05) is 20.0 Å². The fourth-order valence-corrected chi connectivity index (χ4v) is 6.34. The molecule has 1 N–H and O–H groups in total. The van der Waals surface area contributed by atoms with E-state index >= 15 is 0 Å². The first kappa shape index (κ1) is 30.5. The van der Waals surface area contributed by atoms with Gasteiger partial charge in [-0.15, -0.1) is 0 Å². The van der Waals surface area contributed by atoms with Crippen molar-refractivity contribution in [1.82, 2.24) is 10.2 Å². The average molecular weight is 584 g/mol. The zero-order chi connectivity index (χ0) is 30.3. The van der Waals surface area contributed by atoms with Gasteiger partial charge in [0.15, 0.2) is 0 Å². The van der Waals surface area contributed by atoms with Crippen molar-refractivity contribution in [1.29, 1.82) is 0 Å². The number of carbonyl (C=O) groups is 2. The van der Waals surface area contributed by atoms with Crippen LogP contribution in [0.2, 0.25) is 0 Å². The lowest BCUT2D eigenvalue weighted by atomic mass is 10.0. The molecule has 0 aromatic heterocycles. The third-order valence-electron chi connectivity index (χ3n) is 7.45. The lowest BCUT2D eigenvalue weighted by Gasteiger charge is -2.34. The maximum absolute atomic E-state index is 14.4. The van der Waals surface area contributed by atoms with Gasteiger partial charge in [-0.05, 0) is 61.2 Å². The number of anilines is 1. The third kappa shape index (κ3) is 7.06. The fraction of sp³-hybridized carbons (Fsp3) is 0.235. The number of benzene rings is 4. The zero-order valence-electron chi connectivity index (χ0n) is 24.4. The van der Waals surface area contributed by atoms with E-state index in [4.69, 9.17) is 0 Å². The normalized spacial score (nSPS) is 11.9. The van der Waals surface area contributed by atoms with Crippen LogP contribution in [0.4, 0.5) is 5.69 Å². The van der Waals surface area contributed by atoms with Gasteiger partial charge in [-0.25, -0.2) is 8.42 Å². The van der Waals surface area contributed by atoms with Crippen molar-refractivity contribution in [3.8, 4) is 0 Å². The van der Waals surface area contributed by atoms with E-state index in [2.05, 4.69) is 5.32 Å². The average Bonchev–Trinajstić information content (AvgIpc) is 3.00. The number of aryl methyl sites for hydroxylation is 2. The predicted molar refractivity (Wildman–Crippen MR) is 167 cm³/mol. The maximum atomic E-state index is 14.4. The van der Waals surface area contributed by atoms with E-state index in [0.29, 0.717) is 5.69 Å². The van der Waals surface area contributed by atoms with Crippen LogP contribution in [0.1, 0.15) is 27.8 Å². The summed E-state index contributed by atoms with van der Waals surface area (Å²) in [5.74, 6) is -0.816. The first-order valence-corrected chi connectivity index (χ1v) is 15.3. The van der Waals surface area contributed by atoms with Gasteiger partial charge in [0.1, 0.15) is 12.6 Å². The lowest BCUT2D eigenvalue weighted by molar-refractivity contribution is -0.139. The largest absolute Gasteiger partial charge is 0.357 e. The molecule has 218 valence electrons. The first-order chi connectivity index (χ1) is 20.1. The fourth-order valence-electron chi connectivity index (χ4n) is 4.85. The molecule has 7 nitrogen and oxygen atoms in total. The number of hydrogen-bond donors (Lipinski definition) is 1. The second-order valence-corrected chi connectivity index (χ2v) is 12.2. The molecule has 42 heavy (non-hydrogen) atoms. The third-order valence-corrected chi connectivity index (χ3v) is 9.22. The summed E-state index contributed by atoms with van der Waals surface area (Å²) in [5, 5.41) is 2.71. The Morgan fingerprint density at radius 3 is 2.00 bits per heavy atom. The summed E-state index contributed by atoms with van der Waals surface area (Å²) in [5.41, 5.74) is 4.86. The Morgan fingerprint density at radius 2 is 1.38 bits per heavy atom. The summed E-state index contributed by atoms with van der Waals surface area (Å²) >= 11 is 0. The smallest absolute Gasteiger partial charge is 0.264 e. The van der Waals surface area contributed by atoms with Crippen molar-refractivity contribution in [2.45, 2.75) is 44.7 Å². The number of carbonyl (C=O) groups excluding carboxylic acids is 2. The molecule has 0 heterocycles. The van der Waals surface area contributed by atoms with Gasteiger partial charge >= 0.3 is 0 Å². The van der Waals surface area contributed by atoms with Crippen LogP contribution >= 0.6 is 0 Å². The van der Waals surface area contributed by atoms with Crippen LogP contribution in [-0.4, -0.2) is 44.8 Å².